The monoisotopic (exact) mass is 255 g/mol. The van der Waals surface area contributed by atoms with Gasteiger partial charge in [-0.15, -0.1) is 0 Å². The number of carbonyl (C=O) groups is 1. The quantitative estimate of drug-likeness (QED) is 0.843. The van der Waals surface area contributed by atoms with Gasteiger partial charge >= 0.3 is 0 Å². The van der Waals surface area contributed by atoms with Crippen LogP contribution < -0.4 is 0 Å². The first-order valence-corrected chi connectivity index (χ1v) is 6.69. The number of carbonyl (C=O) groups excluding carboxylic acids is 1. The zero-order valence-corrected chi connectivity index (χ0v) is 10.8. The minimum Gasteiger partial charge on any atom is -0.341 e. The molecule has 1 aliphatic rings. The first kappa shape index (κ1) is 12.0. The van der Waals surface area contributed by atoms with E-state index in [4.69, 9.17) is 0 Å². The highest BCUT2D eigenvalue weighted by Gasteiger charge is 2.19. The molecule has 4 heteroatoms. The summed E-state index contributed by atoms with van der Waals surface area (Å²) in [5.74, 6) is 1.04. The van der Waals surface area contributed by atoms with Gasteiger partial charge in [0.1, 0.15) is 12.4 Å². The maximum absolute atomic E-state index is 12.2. The summed E-state index contributed by atoms with van der Waals surface area (Å²) in [7, 11) is 0. The van der Waals surface area contributed by atoms with Gasteiger partial charge in [0.15, 0.2) is 0 Å². The fourth-order valence-corrected chi connectivity index (χ4v) is 2.50. The molecule has 0 atom stereocenters. The Morgan fingerprint density at radius 3 is 2.63 bits per heavy atom. The van der Waals surface area contributed by atoms with Gasteiger partial charge < -0.3 is 9.47 Å². The number of benzene rings is 1. The number of likely N-dealkylation sites (tertiary alicyclic amines) is 1. The smallest absolute Gasteiger partial charge is 0.242 e. The molecule has 0 bridgehead atoms. The summed E-state index contributed by atoms with van der Waals surface area (Å²) in [6.07, 6.45) is 5.87. The van der Waals surface area contributed by atoms with E-state index < -0.39 is 0 Å². The molecule has 98 valence electrons. The molecule has 1 aliphatic heterocycles. The fraction of sp³-hybridized carbons (Fsp3) is 0.333. The van der Waals surface area contributed by atoms with E-state index >= 15 is 0 Å². The SMILES string of the molecule is O=C(Cn1ccnc1-c1ccccc1)N1CCCC1. The van der Waals surface area contributed by atoms with Gasteiger partial charge in [0.25, 0.3) is 0 Å². The topological polar surface area (TPSA) is 38.1 Å². The van der Waals surface area contributed by atoms with E-state index in [1.807, 2.05) is 46.0 Å². The van der Waals surface area contributed by atoms with E-state index in [1.54, 1.807) is 6.20 Å². The number of hydrogen-bond donors (Lipinski definition) is 0. The number of imidazole rings is 1. The van der Waals surface area contributed by atoms with Crippen LogP contribution in [0.25, 0.3) is 11.4 Å². The summed E-state index contributed by atoms with van der Waals surface area (Å²) in [4.78, 5) is 18.5. The van der Waals surface area contributed by atoms with Gasteiger partial charge in [-0.25, -0.2) is 4.98 Å². The molecule has 1 aromatic carbocycles. The molecule has 0 N–H and O–H groups in total. The molecule has 0 saturated carbocycles. The second kappa shape index (κ2) is 5.26. The molecule has 0 unspecified atom stereocenters. The molecule has 1 aromatic heterocycles. The van der Waals surface area contributed by atoms with Gasteiger partial charge in [-0.2, -0.15) is 0 Å². The van der Waals surface area contributed by atoms with Crippen LogP contribution in [0.1, 0.15) is 12.8 Å². The zero-order chi connectivity index (χ0) is 13.1. The van der Waals surface area contributed by atoms with Gasteiger partial charge in [-0.1, -0.05) is 30.3 Å². The third kappa shape index (κ3) is 2.52. The van der Waals surface area contributed by atoms with Gasteiger partial charge in [-0.05, 0) is 12.8 Å². The zero-order valence-electron chi connectivity index (χ0n) is 10.8. The molecule has 19 heavy (non-hydrogen) atoms. The van der Waals surface area contributed by atoms with Crippen molar-refractivity contribution in [3.63, 3.8) is 0 Å². The van der Waals surface area contributed by atoms with E-state index in [1.165, 1.54) is 0 Å². The third-order valence-corrected chi connectivity index (χ3v) is 3.51. The predicted molar refractivity (Wildman–Crippen MR) is 73.5 cm³/mol. The summed E-state index contributed by atoms with van der Waals surface area (Å²) in [6, 6.07) is 9.97. The van der Waals surface area contributed by atoms with E-state index in [0.717, 1.165) is 37.3 Å². The summed E-state index contributed by atoms with van der Waals surface area (Å²) in [5, 5.41) is 0. The molecule has 1 fully saturated rings. The van der Waals surface area contributed by atoms with Crippen molar-refractivity contribution < 1.29 is 4.79 Å². The maximum Gasteiger partial charge on any atom is 0.242 e. The highest BCUT2D eigenvalue weighted by atomic mass is 16.2. The normalized spacial score (nSPS) is 14.8. The summed E-state index contributed by atoms with van der Waals surface area (Å²) < 4.78 is 1.93. The van der Waals surface area contributed by atoms with Crippen LogP contribution in [0.3, 0.4) is 0 Å². The van der Waals surface area contributed by atoms with Crippen LogP contribution in [-0.4, -0.2) is 33.4 Å². The van der Waals surface area contributed by atoms with Gasteiger partial charge in [0.2, 0.25) is 5.91 Å². The van der Waals surface area contributed by atoms with Crippen LogP contribution in [0, 0.1) is 0 Å². The molecule has 0 spiro atoms. The molecule has 3 rings (SSSR count). The van der Waals surface area contributed by atoms with Crippen LogP contribution >= 0.6 is 0 Å². The average Bonchev–Trinajstić information content (AvgIpc) is 3.11. The van der Waals surface area contributed by atoms with E-state index in [0.29, 0.717) is 6.54 Å². The Morgan fingerprint density at radius 2 is 1.89 bits per heavy atom. The second-order valence-electron chi connectivity index (χ2n) is 4.83. The molecule has 0 radical (unpaired) electrons. The van der Waals surface area contributed by atoms with Crippen molar-refractivity contribution in [2.24, 2.45) is 0 Å². The Hall–Kier alpha value is -2.10. The lowest BCUT2D eigenvalue weighted by Crippen LogP contribution is -2.31. The van der Waals surface area contributed by atoms with Crippen molar-refractivity contribution in [3.8, 4) is 11.4 Å². The van der Waals surface area contributed by atoms with Crippen molar-refractivity contribution in [1.82, 2.24) is 14.5 Å². The molecule has 0 aliphatic carbocycles. The third-order valence-electron chi connectivity index (χ3n) is 3.51. The van der Waals surface area contributed by atoms with Crippen LogP contribution in [0.5, 0.6) is 0 Å². The summed E-state index contributed by atoms with van der Waals surface area (Å²) in [6.45, 7) is 2.17. The van der Waals surface area contributed by atoms with Crippen LogP contribution in [0.2, 0.25) is 0 Å². The number of aromatic nitrogens is 2. The summed E-state index contributed by atoms with van der Waals surface area (Å²) in [5.41, 5.74) is 1.04. The molecule has 1 saturated heterocycles. The average molecular weight is 255 g/mol. The van der Waals surface area contributed by atoms with Crippen molar-refractivity contribution >= 4 is 5.91 Å². The van der Waals surface area contributed by atoms with Crippen LogP contribution in [0.15, 0.2) is 42.7 Å². The molecular weight excluding hydrogens is 238 g/mol. The number of rotatable bonds is 3. The molecule has 2 aromatic rings. The maximum atomic E-state index is 12.2. The Balaban J connectivity index is 1.79. The predicted octanol–water partition coefficient (Wildman–Crippen LogP) is 2.17. The van der Waals surface area contributed by atoms with E-state index in [9.17, 15) is 4.79 Å². The first-order chi connectivity index (χ1) is 9.34. The van der Waals surface area contributed by atoms with Crippen molar-refractivity contribution in [1.29, 1.82) is 0 Å². The highest BCUT2D eigenvalue weighted by Crippen LogP contribution is 2.17. The van der Waals surface area contributed by atoms with E-state index in [2.05, 4.69) is 4.98 Å². The number of hydrogen-bond acceptors (Lipinski definition) is 2. The van der Waals surface area contributed by atoms with E-state index in [-0.39, 0.29) is 5.91 Å². The molecule has 1 amide bonds. The molecular formula is C15H17N3O. The lowest BCUT2D eigenvalue weighted by atomic mass is 10.2. The van der Waals surface area contributed by atoms with Crippen LogP contribution in [-0.2, 0) is 11.3 Å². The second-order valence-corrected chi connectivity index (χ2v) is 4.83. The van der Waals surface area contributed by atoms with Gasteiger partial charge in [0, 0.05) is 31.0 Å². The first-order valence-electron chi connectivity index (χ1n) is 6.69. The highest BCUT2D eigenvalue weighted by molar-refractivity contribution is 5.77. The molecule has 2 heterocycles. The Morgan fingerprint density at radius 1 is 1.16 bits per heavy atom. The lowest BCUT2D eigenvalue weighted by molar-refractivity contribution is -0.130. The largest absolute Gasteiger partial charge is 0.341 e. The standard InChI is InChI=1S/C15H17N3O/c19-14(17-9-4-5-10-17)12-18-11-8-16-15(18)13-6-2-1-3-7-13/h1-3,6-8,11H,4-5,9-10,12H2. The Labute approximate surface area is 112 Å². The van der Waals surface area contributed by atoms with Crippen molar-refractivity contribution in [2.75, 3.05) is 13.1 Å². The summed E-state index contributed by atoms with van der Waals surface area (Å²) >= 11 is 0. The van der Waals surface area contributed by atoms with Crippen molar-refractivity contribution in [2.45, 2.75) is 19.4 Å². The minimum absolute atomic E-state index is 0.188. The number of nitrogens with zero attached hydrogens (tertiary/aromatic N) is 3. The van der Waals surface area contributed by atoms with Crippen molar-refractivity contribution in [3.05, 3.63) is 42.7 Å². The van der Waals surface area contributed by atoms with Gasteiger partial charge in [-0.3, -0.25) is 4.79 Å². The fourth-order valence-electron chi connectivity index (χ4n) is 2.50. The Kier molecular flexibility index (Phi) is 3.31. The number of amides is 1. The lowest BCUT2D eigenvalue weighted by Gasteiger charge is -2.16. The van der Waals surface area contributed by atoms with Crippen LogP contribution in [0.4, 0.5) is 0 Å². The van der Waals surface area contributed by atoms with Gasteiger partial charge in [0.05, 0.1) is 0 Å². The molecule has 4 nitrogen and oxygen atoms in total. The Bertz CT molecular complexity index is 556. The minimum atomic E-state index is 0.188.